The van der Waals surface area contributed by atoms with Crippen LogP contribution in [0.15, 0.2) is 46.2 Å². The molecular weight excluding hydrogens is 150 g/mol. The van der Waals surface area contributed by atoms with Gasteiger partial charge in [0.15, 0.2) is 0 Å². The van der Waals surface area contributed by atoms with Gasteiger partial charge in [-0.1, -0.05) is 12.2 Å². The molecule has 0 spiro atoms. The summed E-state index contributed by atoms with van der Waals surface area (Å²) >= 11 is 0. The summed E-state index contributed by atoms with van der Waals surface area (Å²) in [6, 6.07) is 1.91. The van der Waals surface area contributed by atoms with E-state index in [9.17, 15) is 0 Å². The predicted molar refractivity (Wildman–Crippen MR) is 48.9 cm³/mol. The number of hydrogen-bond donors (Lipinski definition) is 0. The molecule has 0 bridgehead atoms. The average Bonchev–Trinajstić information content (AvgIpc) is 2.48. The lowest BCUT2D eigenvalue weighted by Gasteiger charge is -1.92. The molecule has 1 aromatic rings. The van der Waals surface area contributed by atoms with Gasteiger partial charge in [0.1, 0.15) is 0 Å². The third-order valence-corrected chi connectivity index (χ3v) is 1.68. The molecule has 1 aliphatic heterocycles. The maximum absolute atomic E-state index is 4.97. The van der Waals surface area contributed by atoms with Gasteiger partial charge >= 0.3 is 0 Å². The summed E-state index contributed by atoms with van der Waals surface area (Å²) in [5, 5.41) is 0. The highest BCUT2D eigenvalue weighted by molar-refractivity contribution is 5.76. The lowest BCUT2D eigenvalue weighted by molar-refractivity contribution is 0.566. The molecule has 0 unspecified atom stereocenters. The van der Waals surface area contributed by atoms with Gasteiger partial charge in [-0.15, -0.1) is 0 Å². The molecule has 60 valence electrons. The molecule has 0 fully saturated rings. The molecule has 0 aliphatic carbocycles. The van der Waals surface area contributed by atoms with Crippen molar-refractivity contribution in [3.05, 3.63) is 42.4 Å². The van der Waals surface area contributed by atoms with Crippen molar-refractivity contribution < 1.29 is 4.42 Å². The molecule has 2 heteroatoms. The molecule has 0 amide bonds. The lowest BCUT2D eigenvalue weighted by Crippen LogP contribution is -1.75. The number of allylic oxidation sites excluding steroid dienone is 3. The Morgan fingerprint density at radius 3 is 3.25 bits per heavy atom. The second kappa shape index (κ2) is 3.22. The monoisotopic (exact) mass is 159 g/mol. The van der Waals surface area contributed by atoms with Gasteiger partial charge in [-0.05, 0) is 12.1 Å². The maximum Gasteiger partial charge on any atom is 0.0996 e. The summed E-state index contributed by atoms with van der Waals surface area (Å²) < 4.78 is 4.97. The molecule has 0 aromatic carbocycles. The maximum atomic E-state index is 4.97. The lowest BCUT2D eigenvalue weighted by atomic mass is 10.2. The molecule has 2 nitrogen and oxygen atoms in total. The second-order valence-electron chi connectivity index (χ2n) is 2.54. The predicted octanol–water partition coefficient (Wildman–Crippen LogP) is 2.65. The highest BCUT2D eigenvalue weighted by atomic mass is 16.3. The molecule has 1 aliphatic rings. The van der Waals surface area contributed by atoms with E-state index >= 15 is 0 Å². The third-order valence-electron chi connectivity index (χ3n) is 1.68. The van der Waals surface area contributed by atoms with Gasteiger partial charge in [0.05, 0.1) is 18.2 Å². The first-order valence-electron chi connectivity index (χ1n) is 3.89. The van der Waals surface area contributed by atoms with E-state index < -0.39 is 0 Å². The van der Waals surface area contributed by atoms with Crippen molar-refractivity contribution in [3.63, 3.8) is 0 Å². The normalized spacial score (nSPS) is 15.8. The molecular formula is C10H9NO. The van der Waals surface area contributed by atoms with Crippen LogP contribution in [0.25, 0.3) is 5.70 Å². The van der Waals surface area contributed by atoms with Crippen LogP contribution in [0.5, 0.6) is 0 Å². The van der Waals surface area contributed by atoms with E-state index in [-0.39, 0.29) is 0 Å². The Morgan fingerprint density at radius 2 is 2.42 bits per heavy atom. The fourth-order valence-corrected chi connectivity index (χ4v) is 1.07. The number of furan rings is 1. The molecule has 0 N–H and O–H groups in total. The number of hydrogen-bond acceptors (Lipinski definition) is 2. The molecule has 2 rings (SSSR count). The van der Waals surface area contributed by atoms with Crippen molar-refractivity contribution in [2.75, 3.05) is 0 Å². The van der Waals surface area contributed by atoms with E-state index in [1.807, 2.05) is 24.4 Å². The van der Waals surface area contributed by atoms with Crippen LogP contribution in [0, 0.1) is 0 Å². The minimum absolute atomic E-state index is 0.901. The van der Waals surface area contributed by atoms with Gasteiger partial charge < -0.3 is 4.42 Å². The van der Waals surface area contributed by atoms with Crippen LogP contribution < -0.4 is 0 Å². The molecule has 12 heavy (non-hydrogen) atoms. The molecule has 1 aromatic heterocycles. The Morgan fingerprint density at radius 1 is 1.42 bits per heavy atom. The van der Waals surface area contributed by atoms with Crippen molar-refractivity contribution in [3.8, 4) is 0 Å². The smallest absolute Gasteiger partial charge is 0.0996 e. The molecule has 0 saturated carbocycles. The van der Waals surface area contributed by atoms with Crippen molar-refractivity contribution in [1.82, 2.24) is 0 Å². The summed E-state index contributed by atoms with van der Waals surface area (Å²) in [6.07, 6.45) is 12.2. The molecule has 0 saturated heterocycles. The van der Waals surface area contributed by atoms with Crippen LogP contribution in [0.1, 0.15) is 12.0 Å². The van der Waals surface area contributed by atoms with E-state index in [4.69, 9.17) is 4.42 Å². The largest absolute Gasteiger partial charge is 0.472 e. The zero-order valence-corrected chi connectivity index (χ0v) is 6.60. The Bertz CT molecular complexity index is 331. The molecule has 0 atom stereocenters. The number of aliphatic imine (C=N–C) groups is 1. The van der Waals surface area contributed by atoms with E-state index in [2.05, 4.69) is 11.1 Å². The minimum atomic E-state index is 0.901. The zero-order valence-electron chi connectivity index (χ0n) is 6.60. The first-order chi connectivity index (χ1) is 5.97. The van der Waals surface area contributed by atoms with Crippen molar-refractivity contribution in [2.45, 2.75) is 6.42 Å². The van der Waals surface area contributed by atoms with Gasteiger partial charge in [-0.25, -0.2) is 0 Å². The Kier molecular flexibility index (Phi) is 1.90. The van der Waals surface area contributed by atoms with Gasteiger partial charge in [0.2, 0.25) is 0 Å². The number of rotatable bonds is 1. The fraction of sp³-hybridized carbons (Fsp3) is 0.100. The van der Waals surface area contributed by atoms with E-state index in [0.29, 0.717) is 0 Å². The zero-order chi connectivity index (χ0) is 8.23. The van der Waals surface area contributed by atoms with Gasteiger partial charge in [-0.3, -0.25) is 4.99 Å². The standard InChI is InChI=1S/C10H9NO/c1-2-4-10(11-6-3-1)9-5-7-12-8-9/h1-2,4-8H,3H2. The van der Waals surface area contributed by atoms with E-state index in [1.165, 1.54) is 0 Å². The Hall–Kier alpha value is -1.57. The Balaban J connectivity index is 2.34. The highest BCUT2D eigenvalue weighted by Crippen LogP contribution is 2.17. The minimum Gasteiger partial charge on any atom is -0.472 e. The van der Waals surface area contributed by atoms with Crippen LogP contribution >= 0.6 is 0 Å². The summed E-state index contributed by atoms with van der Waals surface area (Å²) in [4.78, 5) is 4.28. The molecule has 0 radical (unpaired) electrons. The third kappa shape index (κ3) is 1.37. The van der Waals surface area contributed by atoms with Crippen LogP contribution in [0.2, 0.25) is 0 Å². The van der Waals surface area contributed by atoms with Crippen LogP contribution in [0.3, 0.4) is 0 Å². The molecule has 2 heterocycles. The first kappa shape index (κ1) is 7.10. The van der Waals surface area contributed by atoms with E-state index in [1.54, 1.807) is 12.5 Å². The van der Waals surface area contributed by atoms with E-state index in [0.717, 1.165) is 17.7 Å². The van der Waals surface area contributed by atoms with Crippen LogP contribution in [-0.2, 0) is 0 Å². The van der Waals surface area contributed by atoms with Crippen molar-refractivity contribution in [2.24, 2.45) is 4.99 Å². The second-order valence-corrected chi connectivity index (χ2v) is 2.54. The van der Waals surface area contributed by atoms with Gasteiger partial charge in [-0.2, -0.15) is 0 Å². The Labute approximate surface area is 70.9 Å². The van der Waals surface area contributed by atoms with Gasteiger partial charge in [0.25, 0.3) is 0 Å². The fourth-order valence-electron chi connectivity index (χ4n) is 1.07. The first-order valence-corrected chi connectivity index (χ1v) is 3.89. The van der Waals surface area contributed by atoms with Crippen LogP contribution in [-0.4, -0.2) is 6.21 Å². The quantitative estimate of drug-likeness (QED) is 0.618. The van der Waals surface area contributed by atoms with Crippen molar-refractivity contribution in [1.29, 1.82) is 0 Å². The highest BCUT2D eigenvalue weighted by Gasteiger charge is 1.99. The van der Waals surface area contributed by atoms with Gasteiger partial charge in [0, 0.05) is 18.2 Å². The SMILES string of the molecule is C1=CCC=NC(c2ccoc2)=C1. The van der Waals surface area contributed by atoms with Crippen molar-refractivity contribution >= 4 is 11.9 Å². The topological polar surface area (TPSA) is 25.5 Å². The summed E-state index contributed by atoms with van der Waals surface area (Å²) in [7, 11) is 0. The van der Waals surface area contributed by atoms with Crippen LogP contribution in [0.4, 0.5) is 0 Å². The average molecular weight is 159 g/mol. The summed E-state index contributed by atoms with van der Waals surface area (Å²) in [5.74, 6) is 0. The summed E-state index contributed by atoms with van der Waals surface area (Å²) in [6.45, 7) is 0. The summed E-state index contributed by atoms with van der Waals surface area (Å²) in [5.41, 5.74) is 1.98. The number of nitrogens with zero attached hydrogens (tertiary/aromatic N) is 1.